The molecule has 19 heteroatoms. The molecule has 0 spiro atoms. The lowest BCUT2D eigenvalue weighted by Crippen LogP contribution is -2.57. The van der Waals surface area contributed by atoms with Crippen molar-refractivity contribution in [3.63, 3.8) is 0 Å². The van der Waals surface area contributed by atoms with Crippen molar-refractivity contribution in [3.8, 4) is 11.5 Å². The molecule has 1 saturated carbocycles. The molecule has 0 bridgehead atoms. The predicted molar refractivity (Wildman–Crippen MR) is 329 cm³/mol. The van der Waals surface area contributed by atoms with Crippen LogP contribution in [-0.4, -0.2) is 181 Å². The summed E-state index contributed by atoms with van der Waals surface area (Å²) in [7, 11) is 1.63. The van der Waals surface area contributed by atoms with E-state index in [1.807, 2.05) is 82.3 Å². The van der Waals surface area contributed by atoms with E-state index in [1.54, 1.807) is 13.4 Å². The Kier molecular flexibility index (Phi) is 22.1. The highest BCUT2D eigenvalue weighted by atomic mass is 35.5. The molecule has 4 unspecified atom stereocenters. The van der Waals surface area contributed by atoms with Gasteiger partial charge in [0.25, 0.3) is 5.91 Å². The number of methoxy groups -OCH3 is 1. The summed E-state index contributed by atoms with van der Waals surface area (Å²) in [5.41, 5.74) is 5.33. The van der Waals surface area contributed by atoms with Gasteiger partial charge in [-0.3, -0.25) is 24.1 Å². The Balaban J connectivity index is 0.00000828. The minimum absolute atomic E-state index is 0. The van der Waals surface area contributed by atoms with E-state index in [2.05, 4.69) is 48.3 Å². The van der Waals surface area contributed by atoms with Crippen LogP contribution in [0.3, 0.4) is 0 Å². The lowest BCUT2D eigenvalue weighted by atomic mass is 9.83. The van der Waals surface area contributed by atoms with Crippen LogP contribution < -0.4 is 25.0 Å². The molecule has 10 rings (SSSR count). The van der Waals surface area contributed by atoms with Crippen LogP contribution in [0.2, 0.25) is 5.02 Å². The third-order valence-corrected chi connectivity index (χ3v) is 18.9. The molecule has 4 aromatic rings. The Morgan fingerprint density at radius 3 is 2.25 bits per heavy atom. The molecule has 450 valence electrons. The molecule has 4 amide bonds. The fraction of sp³-hybridized carbons (Fsp3) is 0.594. The van der Waals surface area contributed by atoms with Crippen LogP contribution in [0.5, 0.6) is 11.5 Å². The summed E-state index contributed by atoms with van der Waals surface area (Å²) >= 11 is 6.34. The smallest absolute Gasteiger partial charge is 0.251 e. The molecule has 6 aliphatic rings. The minimum atomic E-state index is -0.568. The Labute approximate surface area is 503 Å². The number of fused-ring (bicyclic) bond motifs is 1. The quantitative estimate of drug-likeness (QED) is 0.0785. The molecule has 5 fully saturated rings. The van der Waals surface area contributed by atoms with Gasteiger partial charge in [0, 0.05) is 112 Å². The molecule has 3 N–H and O–H groups in total. The first-order valence-corrected chi connectivity index (χ1v) is 31.0. The zero-order chi connectivity index (χ0) is 57.1. The van der Waals surface area contributed by atoms with Crippen molar-refractivity contribution in [2.45, 2.75) is 121 Å². The molecule has 2 aliphatic carbocycles. The number of nitrogens with one attached hydrogen (secondary N) is 2. The number of hydrogen-bond acceptors (Lipinski definition) is 13. The maximum absolute atomic E-state index is 14.6. The summed E-state index contributed by atoms with van der Waals surface area (Å²) in [6.07, 6.45) is 11.5. The second kappa shape index (κ2) is 29.5. The molecule has 4 saturated heterocycles. The van der Waals surface area contributed by atoms with Crippen LogP contribution in [0.15, 0.2) is 73.1 Å². The van der Waals surface area contributed by atoms with Crippen molar-refractivity contribution in [1.29, 1.82) is 0 Å². The number of piperidine rings is 2. The Morgan fingerprint density at radius 2 is 1.52 bits per heavy atom. The van der Waals surface area contributed by atoms with Gasteiger partial charge in [0.1, 0.15) is 29.7 Å². The van der Waals surface area contributed by atoms with Gasteiger partial charge in [-0.2, -0.15) is 13.5 Å². The highest BCUT2D eigenvalue weighted by Crippen LogP contribution is 2.43. The zero-order valence-electron chi connectivity index (χ0n) is 49.1. The summed E-state index contributed by atoms with van der Waals surface area (Å²) in [6.45, 7) is 15.9. The van der Waals surface area contributed by atoms with Crippen molar-refractivity contribution < 1.29 is 33.8 Å². The number of carbonyl (C=O) groups is 4. The lowest BCUT2D eigenvalue weighted by Gasteiger charge is -2.41. The summed E-state index contributed by atoms with van der Waals surface area (Å²) in [5, 5.41) is 17.9. The van der Waals surface area contributed by atoms with E-state index in [4.69, 9.17) is 21.1 Å². The van der Waals surface area contributed by atoms with Crippen LogP contribution >= 0.6 is 25.1 Å². The Hall–Kier alpha value is -5.50. The Bertz CT molecular complexity index is 2800. The fourth-order valence-corrected chi connectivity index (χ4v) is 14.0. The largest absolute Gasteiger partial charge is 0.497 e. The van der Waals surface area contributed by atoms with Crippen LogP contribution in [0, 0.1) is 11.8 Å². The number of piperazine rings is 2. The fourth-order valence-electron chi connectivity index (χ4n) is 13.9. The van der Waals surface area contributed by atoms with E-state index in [9.17, 15) is 24.3 Å². The second-order valence-corrected chi connectivity index (χ2v) is 24.4. The summed E-state index contributed by atoms with van der Waals surface area (Å²) in [5.74, 6) is 3.08. The first-order valence-electron chi connectivity index (χ1n) is 30.7. The number of aliphatic hydroxyl groups excluding tert-OH is 1. The van der Waals surface area contributed by atoms with Crippen molar-refractivity contribution >= 4 is 54.5 Å². The number of anilines is 1. The normalized spacial score (nSPS) is 21.9. The molecule has 4 aliphatic heterocycles. The number of aliphatic hydroxyl groups is 1. The molecular formula is C64H89ClN10O7S. The van der Waals surface area contributed by atoms with Crippen LogP contribution in [0.1, 0.15) is 147 Å². The van der Waals surface area contributed by atoms with Gasteiger partial charge < -0.3 is 49.7 Å². The number of carbonyl (C=O) groups excluding carboxylic acids is 4. The zero-order valence-corrected chi connectivity index (χ0v) is 50.9. The van der Waals surface area contributed by atoms with Crippen molar-refractivity contribution in [1.82, 2.24) is 45.1 Å². The number of benzene rings is 3. The average molecular weight is 1180 g/mol. The van der Waals surface area contributed by atoms with Gasteiger partial charge in [-0.15, -0.1) is 0 Å². The number of rotatable bonds is 20. The second-order valence-electron chi connectivity index (χ2n) is 23.9. The van der Waals surface area contributed by atoms with Crippen LogP contribution in [-0.2, 0) is 20.9 Å². The van der Waals surface area contributed by atoms with Gasteiger partial charge in [0.2, 0.25) is 17.7 Å². The first-order chi connectivity index (χ1) is 39.9. The summed E-state index contributed by atoms with van der Waals surface area (Å²) in [4.78, 5) is 79.1. The third-order valence-electron chi connectivity index (χ3n) is 18.6. The molecular weight excluding hydrogens is 1090 g/mol. The van der Waals surface area contributed by atoms with E-state index < -0.39 is 12.1 Å². The number of hydrogen-bond donors (Lipinski definition) is 3. The van der Waals surface area contributed by atoms with Gasteiger partial charge in [0.15, 0.2) is 0 Å². The maximum atomic E-state index is 14.6. The lowest BCUT2D eigenvalue weighted by molar-refractivity contribution is -0.137. The van der Waals surface area contributed by atoms with Crippen molar-refractivity contribution in [2.75, 3.05) is 117 Å². The predicted octanol–water partition coefficient (Wildman–Crippen LogP) is 7.74. The topological polar surface area (TPSA) is 176 Å². The maximum Gasteiger partial charge on any atom is 0.251 e. The van der Waals surface area contributed by atoms with E-state index in [0.717, 1.165) is 149 Å². The molecule has 3 aromatic carbocycles. The highest BCUT2D eigenvalue weighted by molar-refractivity contribution is 7.59. The number of amides is 4. The Morgan fingerprint density at radius 1 is 0.783 bits per heavy atom. The van der Waals surface area contributed by atoms with Gasteiger partial charge in [-0.1, -0.05) is 68.1 Å². The number of ether oxygens (including phenoxy) is 2. The molecule has 5 heterocycles. The first kappa shape index (κ1) is 62.0. The van der Waals surface area contributed by atoms with E-state index in [-0.39, 0.29) is 67.3 Å². The number of aromatic nitrogens is 2. The number of halogens is 1. The molecule has 1 aromatic heterocycles. The van der Waals surface area contributed by atoms with Crippen molar-refractivity contribution in [3.05, 3.63) is 112 Å². The van der Waals surface area contributed by atoms with Gasteiger partial charge in [-0.05, 0) is 137 Å². The van der Waals surface area contributed by atoms with E-state index in [1.165, 1.54) is 0 Å². The van der Waals surface area contributed by atoms with Gasteiger partial charge in [-0.25, -0.2) is 9.97 Å². The van der Waals surface area contributed by atoms with Crippen LogP contribution in [0.25, 0.3) is 0 Å². The van der Waals surface area contributed by atoms with E-state index in [0.29, 0.717) is 88.4 Å². The van der Waals surface area contributed by atoms with Gasteiger partial charge >= 0.3 is 0 Å². The highest BCUT2D eigenvalue weighted by Gasteiger charge is 2.38. The van der Waals surface area contributed by atoms with E-state index >= 15 is 0 Å². The molecule has 83 heavy (non-hydrogen) atoms. The summed E-state index contributed by atoms with van der Waals surface area (Å²) < 4.78 is 11.2. The number of nitrogens with zero attached hydrogens (tertiary/aromatic N) is 8. The minimum Gasteiger partial charge on any atom is -0.497 e. The van der Waals surface area contributed by atoms with Crippen LogP contribution in [0.4, 0.5) is 5.82 Å². The monoisotopic (exact) mass is 1180 g/mol. The number of likely N-dealkylation sites (tertiary alicyclic amines) is 2. The molecule has 0 radical (unpaired) electrons. The summed E-state index contributed by atoms with van der Waals surface area (Å²) in [6, 6.07) is 20.8. The average Bonchev–Trinajstić information content (AvgIpc) is 4.00. The third kappa shape index (κ3) is 15.5. The SMILES string of the molecule is CCOc1cc(OC)ccc1CNCC(=O)N1CCCC(c2cccc(C(=O)NC(C(=O)N3CCN(CC4CCN(CCC(C(=O)N5CCN(c6ncnc7c6[C@H](C)CC7O)CC5)c5ccc(Cl)cc5)CC4)CC3)C3CCCCC3)c2)C1.S. The molecule has 5 atom stereocenters. The van der Waals surface area contributed by atoms with Crippen molar-refractivity contribution in [2.24, 2.45) is 11.8 Å². The standard InChI is InChI=1S/C64H87ClN10O7.H2S/c1-4-82-56-38-53(81-3)20-17-50(56)39-66-40-57(77)75-24-9-14-51(42-75)48-12-8-13-49(37-48)62(78)69-59(47-10-6-5-7-11-47)64(80)74-30-28-71(29-31-74)41-45-21-25-70(26-22-45)27-23-54(46-15-18-52(65)19-16-46)63(79)73-34-32-72(33-35-73)61-58-44(2)36-55(76)60(58)67-43-68-61;/h8,12-13,15-20,37-38,43-45,47,51,54-55,59,66,76H,4-7,9-11,14,21-36,39-42H2,1-3H3,(H,69,78);1H2/t44-,51?,54?,55?,59?;/m1./s1. The molecule has 17 nitrogen and oxygen atoms in total. The van der Waals surface area contributed by atoms with Gasteiger partial charge in [0.05, 0.1) is 38.0 Å².